The van der Waals surface area contributed by atoms with Crippen LogP contribution in [0, 0.1) is 6.92 Å². The number of aromatic nitrogens is 2. The zero-order valence-electron chi connectivity index (χ0n) is 17.8. The van der Waals surface area contributed by atoms with Crippen molar-refractivity contribution in [2.45, 2.75) is 6.92 Å². The predicted molar refractivity (Wildman–Crippen MR) is 129 cm³/mol. The number of anilines is 1. The molecule has 5 nitrogen and oxygen atoms in total. The molecule has 0 N–H and O–H groups in total. The molecule has 0 atom stereocenters. The van der Waals surface area contributed by atoms with Crippen molar-refractivity contribution in [3.63, 3.8) is 0 Å². The Morgan fingerprint density at radius 2 is 1.53 bits per heavy atom. The number of nitrogens with zero attached hydrogens (tertiary/aromatic N) is 4. The lowest BCUT2D eigenvalue weighted by molar-refractivity contribution is 0.0746. The minimum atomic E-state index is 0.0825. The maximum absolute atomic E-state index is 12.9. The Hall–Kier alpha value is -3.44. The van der Waals surface area contributed by atoms with E-state index in [1.54, 1.807) is 0 Å². The average Bonchev–Trinajstić information content (AvgIpc) is 2.84. The van der Waals surface area contributed by atoms with Crippen molar-refractivity contribution in [3.05, 3.63) is 88.9 Å². The molecule has 6 heteroatoms. The van der Waals surface area contributed by atoms with Gasteiger partial charge in [0.25, 0.3) is 5.91 Å². The molecule has 3 aromatic carbocycles. The molecule has 1 aliphatic rings. The van der Waals surface area contributed by atoms with E-state index in [-0.39, 0.29) is 5.91 Å². The van der Waals surface area contributed by atoms with Crippen LogP contribution < -0.4 is 4.90 Å². The molecule has 1 aromatic heterocycles. The third-order valence-corrected chi connectivity index (χ3v) is 6.10. The lowest BCUT2D eigenvalue weighted by Gasteiger charge is -2.36. The fourth-order valence-corrected chi connectivity index (χ4v) is 4.16. The number of hydrogen-bond donors (Lipinski definition) is 0. The molecule has 1 fully saturated rings. The van der Waals surface area contributed by atoms with Gasteiger partial charge in [-0.2, -0.15) is 0 Å². The molecule has 1 amide bonds. The van der Waals surface area contributed by atoms with Crippen LogP contribution in [0.2, 0.25) is 5.02 Å². The summed E-state index contributed by atoms with van der Waals surface area (Å²) in [5.74, 6) is 1.66. The van der Waals surface area contributed by atoms with Crippen molar-refractivity contribution in [3.8, 4) is 11.4 Å². The molecule has 0 bridgehead atoms. The number of fused-ring (bicyclic) bond motifs is 1. The van der Waals surface area contributed by atoms with E-state index in [4.69, 9.17) is 21.6 Å². The molecule has 1 saturated heterocycles. The molecule has 1 aliphatic heterocycles. The van der Waals surface area contributed by atoms with Gasteiger partial charge in [0.05, 0.1) is 5.52 Å². The maximum Gasteiger partial charge on any atom is 0.253 e. The molecule has 4 aromatic rings. The van der Waals surface area contributed by atoms with Crippen LogP contribution in [0.3, 0.4) is 0 Å². The molecule has 5 rings (SSSR count). The van der Waals surface area contributed by atoms with Gasteiger partial charge >= 0.3 is 0 Å². The van der Waals surface area contributed by atoms with Gasteiger partial charge < -0.3 is 9.80 Å². The van der Waals surface area contributed by atoms with Gasteiger partial charge in [-0.1, -0.05) is 41.4 Å². The largest absolute Gasteiger partial charge is 0.352 e. The highest BCUT2D eigenvalue weighted by atomic mass is 35.5. The van der Waals surface area contributed by atoms with Crippen molar-refractivity contribution in [2.24, 2.45) is 0 Å². The number of aryl methyl sites for hydroxylation is 1. The topological polar surface area (TPSA) is 49.3 Å². The van der Waals surface area contributed by atoms with Crippen LogP contribution in [-0.4, -0.2) is 47.0 Å². The van der Waals surface area contributed by atoms with Crippen molar-refractivity contribution in [2.75, 3.05) is 31.1 Å². The van der Waals surface area contributed by atoms with Gasteiger partial charge in [-0.3, -0.25) is 4.79 Å². The van der Waals surface area contributed by atoms with Gasteiger partial charge in [-0.05, 0) is 55.5 Å². The Bertz CT molecular complexity index is 1260. The van der Waals surface area contributed by atoms with E-state index in [9.17, 15) is 4.79 Å². The monoisotopic (exact) mass is 442 g/mol. The van der Waals surface area contributed by atoms with E-state index in [1.165, 1.54) is 0 Å². The van der Waals surface area contributed by atoms with Gasteiger partial charge in [0, 0.05) is 47.7 Å². The summed E-state index contributed by atoms with van der Waals surface area (Å²) >= 11 is 6.06. The number of halogens is 1. The van der Waals surface area contributed by atoms with Crippen LogP contribution in [0.15, 0.2) is 72.8 Å². The molecule has 0 radical (unpaired) electrons. The first-order valence-corrected chi connectivity index (χ1v) is 11.1. The van der Waals surface area contributed by atoms with Gasteiger partial charge in [-0.15, -0.1) is 0 Å². The smallest absolute Gasteiger partial charge is 0.253 e. The van der Waals surface area contributed by atoms with Crippen molar-refractivity contribution in [1.82, 2.24) is 14.9 Å². The summed E-state index contributed by atoms with van der Waals surface area (Å²) in [7, 11) is 0. The molecular weight excluding hydrogens is 420 g/mol. The Balaban J connectivity index is 1.42. The summed E-state index contributed by atoms with van der Waals surface area (Å²) in [5.41, 5.74) is 3.72. The van der Waals surface area contributed by atoms with Crippen LogP contribution in [0.5, 0.6) is 0 Å². The number of rotatable bonds is 3. The number of para-hydroxylation sites is 1. The molecule has 0 saturated carbocycles. The summed E-state index contributed by atoms with van der Waals surface area (Å²) in [4.78, 5) is 26.8. The van der Waals surface area contributed by atoms with E-state index < -0.39 is 0 Å². The number of piperazine rings is 1. The molecule has 2 heterocycles. The minimum absolute atomic E-state index is 0.0825. The summed E-state index contributed by atoms with van der Waals surface area (Å²) < 4.78 is 0. The normalized spacial score (nSPS) is 14.1. The third-order valence-electron chi connectivity index (χ3n) is 5.85. The maximum atomic E-state index is 12.9. The highest BCUT2D eigenvalue weighted by molar-refractivity contribution is 6.30. The van der Waals surface area contributed by atoms with Gasteiger partial charge in [0.1, 0.15) is 5.82 Å². The van der Waals surface area contributed by atoms with E-state index in [0.29, 0.717) is 23.9 Å². The molecule has 0 unspecified atom stereocenters. The zero-order valence-corrected chi connectivity index (χ0v) is 18.6. The molecule has 160 valence electrons. The average molecular weight is 443 g/mol. The van der Waals surface area contributed by atoms with Crippen LogP contribution in [0.25, 0.3) is 22.3 Å². The van der Waals surface area contributed by atoms with Crippen LogP contribution in [0.4, 0.5) is 5.82 Å². The minimum Gasteiger partial charge on any atom is -0.352 e. The van der Waals surface area contributed by atoms with E-state index >= 15 is 0 Å². The lowest BCUT2D eigenvalue weighted by Crippen LogP contribution is -2.49. The zero-order chi connectivity index (χ0) is 22.1. The molecule has 32 heavy (non-hydrogen) atoms. The standard InChI is InChI=1S/C26H23ClN4O/c1-18-6-8-20(9-7-18)26(32)31-16-14-30(15-17-31)25-22-4-2-3-5-23(22)28-24(29-25)19-10-12-21(27)13-11-19/h2-13H,14-17H2,1H3. The van der Waals surface area contributed by atoms with E-state index in [0.717, 1.165) is 46.5 Å². The van der Waals surface area contributed by atoms with E-state index in [2.05, 4.69) is 11.0 Å². The fourth-order valence-electron chi connectivity index (χ4n) is 4.03. The highest BCUT2D eigenvalue weighted by Gasteiger charge is 2.24. The third kappa shape index (κ3) is 4.04. The Morgan fingerprint density at radius 3 is 2.25 bits per heavy atom. The number of carbonyl (C=O) groups is 1. The lowest BCUT2D eigenvalue weighted by atomic mass is 10.1. The predicted octanol–water partition coefficient (Wildman–Crippen LogP) is 5.22. The number of benzene rings is 3. The van der Waals surface area contributed by atoms with Crippen LogP contribution in [0.1, 0.15) is 15.9 Å². The Kier molecular flexibility index (Phi) is 5.50. The summed E-state index contributed by atoms with van der Waals surface area (Å²) in [6.07, 6.45) is 0. The number of hydrogen-bond acceptors (Lipinski definition) is 4. The SMILES string of the molecule is Cc1ccc(C(=O)N2CCN(c3nc(-c4ccc(Cl)cc4)nc4ccccc34)CC2)cc1. The second-order valence-electron chi connectivity index (χ2n) is 8.04. The highest BCUT2D eigenvalue weighted by Crippen LogP contribution is 2.29. The van der Waals surface area contributed by atoms with Crippen LogP contribution in [-0.2, 0) is 0 Å². The van der Waals surface area contributed by atoms with Gasteiger partial charge in [-0.25, -0.2) is 9.97 Å². The van der Waals surface area contributed by atoms with Gasteiger partial charge in [0.2, 0.25) is 0 Å². The van der Waals surface area contributed by atoms with E-state index in [1.807, 2.05) is 78.6 Å². The molecule has 0 spiro atoms. The van der Waals surface area contributed by atoms with Gasteiger partial charge in [0.15, 0.2) is 5.82 Å². The second kappa shape index (κ2) is 8.60. The summed E-state index contributed by atoms with van der Waals surface area (Å²) in [6, 6.07) is 23.4. The molecule has 0 aliphatic carbocycles. The number of carbonyl (C=O) groups excluding carboxylic acids is 1. The van der Waals surface area contributed by atoms with Crippen molar-refractivity contribution >= 4 is 34.2 Å². The first-order chi connectivity index (χ1) is 15.6. The number of amides is 1. The quantitative estimate of drug-likeness (QED) is 0.436. The summed E-state index contributed by atoms with van der Waals surface area (Å²) in [5, 5.41) is 1.70. The first kappa shape index (κ1) is 20.5. The summed E-state index contributed by atoms with van der Waals surface area (Å²) in [6.45, 7) is 4.78. The van der Waals surface area contributed by atoms with Crippen molar-refractivity contribution in [1.29, 1.82) is 0 Å². The van der Waals surface area contributed by atoms with Crippen LogP contribution >= 0.6 is 11.6 Å². The fraction of sp³-hybridized carbons (Fsp3) is 0.192. The second-order valence-corrected chi connectivity index (χ2v) is 8.48. The first-order valence-electron chi connectivity index (χ1n) is 10.7. The molecular formula is C26H23ClN4O. The Labute approximate surface area is 192 Å². The Morgan fingerprint density at radius 1 is 0.844 bits per heavy atom. The van der Waals surface area contributed by atoms with Crippen molar-refractivity contribution < 1.29 is 4.79 Å².